The highest BCUT2D eigenvalue weighted by atomic mass is 35.5. The van der Waals surface area contributed by atoms with Crippen LogP contribution >= 0.6 is 23.2 Å². The van der Waals surface area contributed by atoms with Gasteiger partial charge in [-0.25, -0.2) is 4.79 Å². The predicted octanol–water partition coefficient (Wildman–Crippen LogP) is 2.18. The fourth-order valence-electron chi connectivity index (χ4n) is 0.847. The molecule has 0 aliphatic rings. The molecule has 76 valence electrons. The van der Waals surface area contributed by atoms with Crippen molar-refractivity contribution in [2.24, 2.45) is 0 Å². The Hall–Kier alpha value is -1.00. The van der Waals surface area contributed by atoms with E-state index < -0.39 is 5.97 Å². The van der Waals surface area contributed by atoms with Crippen molar-refractivity contribution in [3.63, 3.8) is 0 Å². The number of carbonyl (C=O) groups is 1. The largest absolute Gasteiger partial charge is 0.480 e. The zero-order chi connectivity index (χ0) is 10.7. The van der Waals surface area contributed by atoms with Crippen molar-refractivity contribution < 1.29 is 14.3 Å². The summed E-state index contributed by atoms with van der Waals surface area (Å²) in [6.07, 6.45) is 0. The summed E-state index contributed by atoms with van der Waals surface area (Å²) in [6.45, 7) is 0. The van der Waals surface area contributed by atoms with Crippen molar-refractivity contribution in [1.29, 1.82) is 0 Å². The molecule has 0 spiro atoms. The molecule has 0 bridgehead atoms. The molecule has 0 amide bonds. The van der Waals surface area contributed by atoms with Gasteiger partial charge in [-0.3, -0.25) is 0 Å². The molecular weight excluding hydrogens is 229 g/mol. The van der Waals surface area contributed by atoms with Gasteiger partial charge in [0, 0.05) is 0 Å². The maximum absolute atomic E-state index is 11.1. The summed E-state index contributed by atoms with van der Waals surface area (Å²) in [5.41, 5.74) is 0.111. The molecule has 1 rings (SSSR count). The van der Waals surface area contributed by atoms with Crippen molar-refractivity contribution >= 4 is 29.2 Å². The van der Waals surface area contributed by atoms with E-state index in [9.17, 15) is 4.79 Å². The van der Waals surface area contributed by atoms with Gasteiger partial charge < -0.3 is 9.47 Å². The summed E-state index contributed by atoms with van der Waals surface area (Å²) in [5.74, 6) is -0.420. The molecule has 14 heavy (non-hydrogen) atoms. The van der Waals surface area contributed by atoms with Crippen LogP contribution in [0.2, 0.25) is 10.2 Å². The van der Waals surface area contributed by atoms with Gasteiger partial charge in [0.25, 0.3) is 0 Å². The third-order valence-corrected chi connectivity index (χ3v) is 2.05. The van der Waals surface area contributed by atoms with E-state index in [1.807, 2.05) is 0 Å². The monoisotopic (exact) mass is 235 g/mol. The molecule has 1 aromatic heterocycles. The number of pyridine rings is 1. The lowest BCUT2D eigenvalue weighted by molar-refractivity contribution is 0.0600. The number of aromatic nitrogens is 1. The Morgan fingerprint density at radius 3 is 2.57 bits per heavy atom. The third-order valence-electron chi connectivity index (χ3n) is 1.50. The van der Waals surface area contributed by atoms with E-state index in [0.717, 1.165) is 0 Å². The van der Waals surface area contributed by atoms with Crippen LogP contribution in [0.1, 0.15) is 10.4 Å². The number of methoxy groups -OCH3 is 2. The maximum Gasteiger partial charge on any atom is 0.341 e. The first-order valence-electron chi connectivity index (χ1n) is 3.58. The van der Waals surface area contributed by atoms with Crippen molar-refractivity contribution in [3.8, 4) is 5.88 Å². The average Bonchev–Trinajstić information content (AvgIpc) is 2.19. The Morgan fingerprint density at radius 2 is 2.07 bits per heavy atom. The number of esters is 1. The van der Waals surface area contributed by atoms with Crippen LogP contribution in [0.4, 0.5) is 0 Å². The van der Waals surface area contributed by atoms with Gasteiger partial charge in [-0.05, 0) is 6.07 Å². The van der Waals surface area contributed by atoms with Gasteiger partial charge in [-0.2, -0.15) is 4.98 Å². The van der Waals surface area contributed by atoms with Gasteiger partial charge in [0.05, 0.1) is 19.8 Å². The van der Waals surface area contributed by atoms with Crippen LogP contribution in [0.15, 0.2) is 6.07 Å². The summed E-state index contributed by atoms with van der Waals surface area (Å²) >= 11 is 11.5. The number of ether oxygens (including phenoxy) is 2. The molecule has 0 aliphatic heterocycles. The van der Waals surface area contributed by atoms with Crippen molar-refractivity contribution in [2.75, 3.05) is 14.2 Å². The third kappa shape index (κ3) is 2.08. The second-order valence-electron chi connectivity index (χ2n) is 2.31. The van der Waals surface area contributed by atoms with Crippen molar-refractivity contribution in [3.05, 3.63) is 21.8 Å². The van der Waals surface area contributed by atoms with E-state index in [2.05, 4.69) is 9.72 Å². The van der Waals surface area contributed by atoms with Crippen LogP contribution in [-0.2, 0) is 4.74 Å². The van der Waals surface area contributed by atoms with E-state index in [1.165, 1.54) is 20.3 Å². The normalized spacial score (nSPS) is 9.71. The zero-order valence-electron chi connectivity index (χ0n) is 7.51. The van der Waals surface area contributed by atoms with Crippen LogP contribution in [0.5, 0.6) is 5.88 Å². The molecule has 0 radical (unpaired) electrons. The Balaban J connectivity index is 3.21. The van der Waals surface area contributed by atoms with Crippen molar-refractivity contribution in [1.82, 2.24) is 4.98 Å². The minimum atomic E-state index is -0.591. The van der Waals surface area contributed by atoms with Gasteiger partial charge in [0.2, 0.25) is 5.88 Å². The molecule has 0 aromatic carbocycles. The van der Waals surface area contributed by atoms with E-state index in [4.69, 9.17) is 27.9 Å². The first-order valence-corrected chi connectivity index (χ1v) is 4.34. The molecule has 6 heteroatoms. The highest BCUT2D eigenvalue weighted by Gasteiger charge is 2.15. The molecule has 0 atom stereocenters. The molecule has 0 fully saturated rings. The molecule has 0 aliphatic carbocycles. The molecular formula is C8H7Cl2NO3. The summed E-state index contributed by atoms with van der Waals surface area (Å²) in [6, 6.07) is 1.35. The molecule has 0 N–H and O–H groups in total. The Bertz CT molecular complexity index is 368. The van der Waals surface area contributed by atoms with E-state index >= 15 is 0 Å². The van der Waals surface area contributed by atoms with Crippen LogP contribution in [-0.4, -0.2) is 25.2 Å². The summed E-state index contributed by atoms with van der Waals surface area (Å²) in [7, 11) is 2.65. The number of nitrogens with zero attached hydrogens (tertiary/aromatic N) is 1. The maximum atomic E-state index is 11.1. The van der Waals surface area contributed by atoms with Crippen LogP contribution in [0.3, 0.4) is 0 Å². The Labute approximate surface area is 90.7 Å². The van der Waals surface area contributed by atoms with Gasteiger partial charge in [-0.15, -0.1) is 0 Å². The Kier molecular flexibility index (Phi) is 3.55. The predicted molar refractivity (Wildman–Crippen MR) is 52.1 cm³/mol. The fourth-order valence-corrected chi connectivity index (χ4v) is 1.28. The minimum Gasteiger partial charge on any atom is -0.480 e. The standard InChI is InChI=1S/C8H7Cl2NO3/c1-13-7-5(9)3-4(6(10)11-7)8(12)14-2/h3H,1-2H3. The first kappa shape index (κ1) is 11.1. The number of hydrogen-bond donors (Lipinski definition) is 0. The quantitative estimate of drug-likeness (QED) is 0.583. The second kappa shape index (κ2) is 4.48. The number of rotatable bonds is 2. The van der Waals surface area contributed by atoms with Gasteiger partial charge in [0.15, 0.2) is 0 Å². The topological polar surface area (TPSA) is 48.4 Å². The molecule has 1 heterocycles. The van der Waals surface area contributed by atoms with E-state index in [-0.39, 0.29) is 21.6 Å². The molecule has 4 nitrogen and oxygen atoms in total. The second-order valence-corrected chi connectivity index (χ2v) is 3.07. The summed E-state index contributed by atoms with van der Waals surface area (Å²) in [5, 5.41) is 0.204. The highest BCUT2D eigenvalue weighted by molar-refractivity contribution is 6.35. The minimum absolute atomic E-state index is 0.00176. The first-order chi connectivity index (χ1) is 6.60. The van der Waals surface area contributed by atoms with Crippen LogP contribution in [0, 0.1) is 0 Å². The van der Waals surface area contributed by atoms with Gasteiger partial charge in [-0.1, -0.05) is 23.2 Å². The summed E-state index contributed by atoms with van der Waals surface area (Å²) in [4.78, 5) is 14.9. The van der Waals surface area contributed by atoms with Gasteiger partial charge in [0.1, 0.15) is 10.2 Å². The average molecular weight is 236 g/mol. The van der Waals surface area contributed by atoms with E-state index in [0.29, 0.717) is 0 Å². The molecule has 0 unspecified atom stereocenters. The smallest absolute Gasteiger partial charge is 0.341 e. The lowest BCUT2D eigenvalue weighted by Crippen LogP contribution is -2.04. The number of carbonyl (C=O) groups excluding carboxylic acids is 1. The summed E-state index contributed by atoms with van der Waals surface area (Å²) < 4.78 is 9.30. The molecule has 0 saturated heterocycles. The van der Waals surface area contributed by atoms with Crippen LogP contribution < -0.4 is 4.74 Å². The van der Waals surface area contributed by atoms with E-state index in [1.54, 1.807) is 0 Å². The molecule has 1 aromatic rings. The lowest BCUT2D eigenvalue weighted by atomic mass is 10.3. The van der Waals surface area contributed by atoms with Gasteiger partial charge >= 0.3 is 5.97 Å². The molecule has 0 saturated carbocycles. The number of hydrogen-bond acceptors (Lipinski definition) is 4. The SMILES string of the molecule is COC(=O)c1cc(Cl)c(OC)nc1Cl. The van der Waals surface area contributed by atoms with Crippen molar-refractivity contribution in [2.45, 2.75) is 0 Å². The Morgan fingerprint density at radius 1 is 1.43 bits per heavy atom. The fraction of sp³-hybridized carbons (Fsp3) is 0.250. The highest BCUT2D eigenvalue weighted by Crippen LogP contribution is 2.27. The lowest BCUT2D eigenvalue weighted by Gasteiger charge is -2.05. The number of halogens is 2. The van der Waals surface area contributed by atoms with Crippen LogP contribution in [0.25, 0.3) is 0 Å². The zero-order valence-corrected chi connectivity index (χ0v) is 9.02.